The maximum Gasteiger partial charge on any atom is 0.319 e. The summed E-state index contributed by atoms with van der Waals surface area (Å²) in [6.45, 7) is 4.55. The van der Waals surface area contributed by atoms with Crippen LogP contribution in [0, 0.1) is 5.82 Å². The van der Waals surface area contributed by atoms with Crippen molar-refractivity contribution in [1.29, 1.82) is 0 Å². The van der Waals surface area contributed by atoms with E-state index >= 15 is 0 Å². The van der Waals surface area contributed by atoms with E-state index < -0.39 is 11.8 Å². The van der Waals surface area contributed by atoms with Gasteiger partial charge in [-0.15, -0.1) is 0 Å². The first-order valence-corrected chi connectivity index (χ1v) is 6.84. The van der Waals surface area contributed by atoms with E-state index in [1.807, 2.05) is 44.2 Å². The number of amides is 2. The highest BCUT2D eigenvalue weighted by Gasteiger charge is 2.21. The van der Waals surface area contributed by atoms with Gasteiger partial charge in [-0.3, -0.25) is 0 Å². The molecule has 2 N–H and O–H groups in total. The Morgan fingerprint density at radius 1 is 1.05 bits per heavy atom. The monoisotopic (exact) mass is 286 g/mol. The number of anilines is 1. The second-order valence-electron chi connectivity index (χ2n) is 5.54. The summed E-state index contributed by atoms with van der Waals surface area (Å²) in [6.07, 6.45) is 0. The Labute approximate surface area is 124 Å². The van der Waals surface area contributed by atoms with E-state index in [1.54, 1.807) is 12.1 Å². The van der Waals surface area contributed by atoms with Gasteiger partial charge in [-0.05, 0) is 17.7 Å². The minimum absolute atomic E-state index is 0.174. The van der Waals surface area contributed by atoms with Gasteiger partial charge >= 0.3 is 6.03 Å². The van der Waals surface area contributed by atoms with E-state index in [0.717, 1.165) is 5.56 Å². The summed E-state index contributed by atoms with van der Waals surface area (Å²) in [5, 5.41) is 5.29. The van der Waals surface area contributed by atoms with Crippen molar-refractivity contribution in [3.63, 3.8) is 0 Å². The molecule has 0 fully saturated rings. The Hall–Kier alpha value is -2.36. The van der Waals surface area contributed by atoms with E-state index in [0.29, 0.717) is 6.54 Å². The number of para-hydroxylation sites is 1. The Kier molecular flexibility index (Phi) is 4.58. The fourth-order valence-electron chi connectivity index (χ4n) is 2.02. The largest absolute Gasteiger partial charge is 0.337 e. The molecule has 2 rings (SSSR count). The van der Waals surface area contributed by atoms with Gasteiger partial charge in [-0.1, -0.05) is 56.3 Å². The zero-order chi connectivity index (χ0) is 15.3. The van der Waals surface area contributed by atoms with E-state index in [1.165, 1.54) is 12.1 Å². The van der Waals surface area contributed by atoms with Crippen molar-refractivity contribution in [3.8, 4) is 0 Å². The Bertz CT molecular complexity index is 611. The molecule has 0 heterocycles. The first kappa shape index (κ1) is 15.0. The molecule has 2 aromatic carbocycles. The highest BCUT2D eigenvalue weighted by atomic mass is 19.1. The summed E-state index contributed by atoms with van der Waals surface area (Å²) in [5.41, 5.74) is 1.11. The Balaban J connectivity index is 1.94. The average molecular weight is 286 g/mol. The van der Waals surface area contributed by atoms with Gasteiger partial charge in [0.05, 0.1) is 5.69 Å². The van der Waals surface area contributed by atoms with E-state index in [-0.39, 0.29) is 11.1 Å². The molecule has 0 radical (unpaired) electrons. The molecule has 4 heteroatoms. The minimum Gasteiger partial charge on any atom is -0.337 e. The number of hydrogen-bond acceptors (Lipinski definition) is 1. The van der Waals surface area contributed by atoms with E-state index in [2.05, 4.69) is 10.6 Å². The maximum atomic E-state index is 13.4. The zero-order valence-electron chi connectivity index (χ0n) is 12.2. The lowest BCUT2D eigenvalue weighted by molar-refractivity contribution is 0.249. The summed E-state index contributed by atoms with van der Waals surface area (Å²) in [6, 6.07) is 15.6. The van der Waals surface area contributed by atoms with Crippen LogP contribution in [-0.2, 0) is 5.41 Å². The number of carbonyl (C=O) groups excluding carboxylic acids is 1. The molecule has 0 bridgehead atoms. The normalized spacial score (nSPS) is 11.0. The molecule has 0 atom stereocenters. The van der Waals surface area contributed by atoms with Crippen molar-refractivity contribution in [2.24, 2.45) is 0 Å². The number of rotatable bonds is 4. The molecule has 110 valence electrons. The van der Waals surface area contributed by atoms with Crippen LogP contribution in [0.3, 0.4) is 0 Å². The highest BCUT2D eigenvalue weighted by Crippen LogP contribution is 2.21. The van der Waals surface area contributed by atoms with E-state index in [9.17, 15) is 9.18 Å². The number of urea groups is 1. The first-order valence-electron chi connectivity index (χ1n) is 6.84. The topological polar surface area (TPSA) is 41.1 Å². The molecule has 0 aliphatic heterocycles. The predicted molar refractivity (Wildman–Crippen MR) is 82.9 cm³/mol. The summed E-state index contributed by atoms with van der Waals surface area (Å²) in [5.74, 6) is -0.449. The van der Waals surface area contributed by atoms with Gasteiger partial charge in [-0.25, -0.2) is 9.18 Å². The van der Waals surface area contributed by atoms with Gasteiger partial charge in [0.15, 0.2) is 0 Å². The van der Waals surface area contributed by atoms with Gasteiger partial charge in [0, 0.05) is 12.0 Å². The minimum atomic E-state index is -0.449. The van der Waals surface area contributed by atoms with Crippen LogP contribution in [0.25, 0.3) is 0 Å². The van der Waals surface area contributed by atoms with Crippen LogP contribution < -0.4 is 10.6 Å². The van der Waals surface area contributed by atoms with Crippen LogP contribution in [-0.4, -0.2) is 12.6 Å². The van der Waals surface area contributed by atoms with Gasteiger partial charge in [0.1, 0.15) is 5.82 Å². The second kappa shape index (κ2) is 6.39. The van der Waals surface area contributed by atoms with Crippen LogP contribution in [0.15, 0.2) is 54.6 Å². The predicted octanol–water partition coefficient (Wildman–Crippen LogP) is 3.93. The van der Waals surface area contributed by atoms with Crippen LogP contribution in [0.1, 0.15) is 19.4 Å². The lowest BCUT2D eigenvalue weighted by Gasteiger charge is -2.25. The van der Waals surface area contributed by atoms with Crippen molar-refractivity contribution < 1.29 is 9.18 Å². The lowest BCUT2D eigenvalue weighted by Crippen LogP contribution is -2.39. The summed E-state index contributed by atoms with van der Waals surface area (Å²) < 4.78 is 13.4. The molecule has 0 saturated carbocycles. The van der Waals surface area contributed by atoms with Crippen molar-refractivity contribution in [1.82, 2.24) is 5.32 Å². The van der Waals surface area contributed by atoms with Gasteiger partial charge in [-0.2, -0.15) is 0 Å². The van der Waals surface area contributed by atoms with Gasteiger partial charge < -0.3 is 10.6 Å². The third kappa shape index (κ3) is 4.05. The molecule has 0 unspecified atom stereocenters. The fourth-order valence-corrected chi connectivity index (χ4v) is 2.02. The number of halogens is 1. The molecule has 0 saturated heterocycles. The van der Waals surface area contributed by atoms with Crippen LogP contribution in [0.5, 0.6) is 0 Å². The summed E-state index contributed by atoms with van der Waals surface area (Å²) >= 11 is 0. The lowest BCUT2D eigenvalue weighted by atomic mass is 9.85. The molecule has 21 heavy (non-hydrogen) atoms. The maximum absolute atomic E-state index is 13.4. The average Bonchev–Trinajstić information content (AvgIpc) is 2.49. The van der Waals surface area contributed by atoms with Crippen LogP contribution in [0.4, 0.5) is 14.9 Å². The molecule has 0 aromatic heterocycles. The molecule has 2 amide bonds. The number of hydrogen-bond donors (Lipinski definition) is 2. The summed E-state index contributed by atoms with van der Waals surface area (Å²) in [4.78, 5) is 11.9. The highest BCUT2D eigenvalue weighted by molar-refractivity contribution is 5.89. The molecule has 0 aliphatic rings. The zero-order valence-corrected chi connectivity index (χ0v) is 12.2. The number of carbonyl (C=O) groups is 1. The van der Waals surface area contributed by atoms with Crippen molar-refractivity contribution in [2.45, 2.75) is 19.3 Å². The summed E-state index contributed by atoms with van der Waals surface area (Å²) in [7, 11) is 0. The van der Waals surface area contributed by atoms with E-state index in [4.69, 9.17) is 0 Å². The van der Waals surface area contributed by atoms with Crippen molar-refractivity contribution >= 4 is 11.7 Å². The SMILES string of the molecule is CC(C)(CNC(=O)Nc1ccccc1F)c1ccccc1. The third-order valence-corrected chi connectivity index (χ3v) is 3.37. The quantitative estimate of drug-likeness (QED) is 0.878. The number of benzene rings is 2. The Morgan fingerprint density at radius 3 is 2.33 bits per heavy atom. The smallest absolute Gasteiger partial charge is 0.319 e. The molecule has 0 spiro atoms. The second-order valence-corrected chi connectivity index (χ2v) is 5.54. The molecule has 2 aromatic rings. The Morgan fingerprint density at radius 2 is 1.67 bits per heavy atom. The fraction of sp³-hybridized carbons (Fsp3) is 0.235. The first-order chi connectivity index (χ1) is 9.99. The molecular formula is C17H19FN2O. The molecule has 3 nitrogen and oxygen atoms in total. The van der Waals surface area contributed by atoms with Crippen molar-refractivity contribution in [2.75, 3.05) is 11.9 Å². The standard InChI is InChI=1S/C17H19FN2O/c1-17(2,13-8-4-3-5-9-13)12-19-16(21)20-15-11-7-6-10-14(15)18/h3-11H,12H2,1-2H3,(H2,19,20,21). The van der Waals surface area contributed by atoms with Crippen LogP contribution >= 0.6 is 0 Å². The van der Waals surface area contributed by atoms with Crippen LogP contribution in [0.2, 0.25) is 0 Å². The third-order valence-electron chi connectivity index (χ3n) is 3.37. The van der Waals surface area contributed by atoms with Gasteiger partial charge in [0.25, 0.3) is 0 Å². The van der Waals surface area contributed by atoms with Gasteiger partial charge in [0.2, 0.25) is 0 Å². The number of nitrogens with one attached hydrogen (secondary N) is 2. The van der Waals surface area contributed by atoms with Crippen molar-refractivity contribution in [3.05, 3.63) is 66.0 Å². The molecule has 0 aliphatic carbocycles. The molecular weight excluding hydrogens is 267 g/mol.